The van der Waals surface area contributed by atoms with Crippen LogP contribution in [0.2, 0.25) is 0 Å². The minimum absolute atomic E-state index is 0.140. The van der Waals surface area contributed by atoms with Crippen molar-refractivity contribution in [2.45, 2.75) is 33.2 Å². The normalized spacial score (nSPS) is 11.5. The van der Waals surface area contributed by atoms with Crippen LogP contribution in [-0.2, 0) is 5.54 Å². The second-order valence-electron chi connectivity index (χ2n) is 6.51. The standard InChI is InChI=1S/C17H19N5O2/c1-11-20-21-16(24-11)13-7-5-6-12(8-13)15(23)19-14-9-18-22(10-14)17(2,3)4/h5-10H,1-4H3,(H,19,23). The quantitative estimate of drug-likeness (QED) is 0.799. The molecule has 2 aromatic heterocycles. The maximum absolute atomic E-state index is 12.4. The van der Waals surface area contributed by atoms with E-state index in [1.54, 1.807) is 36.0 Å². The zero-order valence-electron chi connectivity index (χ0n) is 14.1. The largest absolute Gasteiger partial charge is 0.421 e. The number of nitrogens with one attached hydrogen (secondary N) is 1. The topological polar surface area (TPSA) is 85.8 Å². The van der Waals surface area contributed by atoms with Gasteiger partial charge in [-0.3, -0.25) is 9.48 Å². The molecular formula is C17H19N5O2. The van der Waals surface area contributed by atoms with Gasteiger partial charge in [-0.05, 0) is 39.0 Å². The van der Waals surface area contributed by atoms with Crippen LogP contribution in [0.4, 0.5) is 5.69 Å². The summed E-state index contributed by atoms with van der Waals surface area (Å²) < 4.78 is 7.20. The van der Waals surface area contributed by atoms with Gasteiger partial charge in [-0.2, -0.15) is 5.10 Å². The summed E-state index contributed by atoms with van der Waals surface area (Å²) in [5, 5.41) is 14.9. The second-order valence-corrected chi connectivity index (χ2v) is 6.51. The summed E-state index contributed by atoms with van der Waals surface area (Å²) in [6.45, 7) is 7.85. The molecule has 0 fully saturated rings. The number of hydrogen-bond acceptors (Lipinski definition) is 5. The molecule has 3 aromatic rings. The molecule has 0 aliphatic carbocycles. The molecular weight excluding hydrogens is 306 g/mol. The smallest absolute Gasteiger partial charge is 0.255 e. The molecule has 0 spiro atoms. The highest BCUT2D eigenvalue weighted by atomic mass is 16.4. The third-order valence-electron chi connectivity index (χ3n) is 3.43. The third kappa shape index (κ3) is 3.34. The number of benzene rings is 1. The molecule has 1 amide bonds. The third-order valence-corrected chi connectivity index (χ3v) is 3.43. The molecule has 2 heterocycles. The molecule has 0 bridgehead atoms. The van der Waals surface area contributed by atoms with Crippen molar-refractivity contribution in [2.24, 2.45) is 0 Å². The molecule has 124 valence electrons. The molecule has 1 aromatic carbocycles. The average Bonchev–Trinajstić information content (AvgIpc) is 3.16. The minimum Gasteiger partial charge on any atom is -0.421 e. The van der Waals surface area contributed by atoms with Gasteiger partial charge in [0.25, 0.3) is 5.91 Å². The van der Waals surface area contributed by atoms with Crippen molar-refractivity contribution < 1.29 is 9.21 Å². The Morgan fingerprint density at radius 1 is 1.25 bits per heavy atom. The van der Waals surface area contributed by atoms with E-state index in [4.69, 9.17) is 4.42 Å². The lowest BCUT2D eigenvalue weighted by Crippen LogP contribution is -2.22. The molecule has 0 saturated carbocycles. The maximum Gasteiger partial charge on any atom is 0.255 e. The van der Waals surface area contributed by atoms with Gasteiger partial charge in [0.1, 0.15) is 0 Å². The minimum atomic E-state index is -0.221. The maximum atomic E-state index is 12.4. The Balaban J connectivity index is 1.79. The molecule has 0 saturated heterocycles. The SMILES string of the molecule is Cc1nnc(-c2cccc(C(=O)Nc3cnn(C(C)(C)C)c3)c2)o1. The summed E-state index contributed by atoms with van der Waals surface area (Å²) in [6, 6.07) is 7.05. The lowest BCUT2D eigenvalue weighted by atomic mass is 10.1. The van der Waals surface area contributed by atoms with Crippen LogP contribution in [0, 0.1) is 6.92 Å². The van der Waals surface area contributed by atoms with Crippen molar-refractivity contribution in [1.29, 1.82) is 0 Å². The summed E-state index contributed by atoms with van der Waals surface area (Å²) in [6.07, 6.45) is 3.44. The van der Waals surface area contributed by atoms with Crippen LogP contribution in [-0.4, -0.2) is 25.9 Å². The Morgan fingerprint density at radius 2 is 2.04 bits per heavy atom. The van der Waals surface area contributed by atoms with E-state index >= 15 is 0 Å². The number of hydrogen-bond donors (Lipinski definition) is 1. The van der Waals surface area contributed by atoms with Gasteiger partial charge in [0.15, 0.2) is 0 Å². The van der Waals surface area contributed by atoms with E-state index in [9.17, 15) is 4.79 Å². The van der Waals surface area contributed by atoms with Crippen molar-refractivity contribution in [2.75, 3.05) is 5.32 Å². The molecule has 0 atom stereocenters. The number of anilines is 1. The zero-order chi connectivity index (χ0) is 17.3. The van der Waals surface area contributed by atoms with Gasteiger partial charge in [-0.1, -0.05) is 6.07 Å². The van der Waals surface area contributed by atoms with Gasteiger partial charge in [0.05, 0.1) is 17.4 Å². The van der Waals surface area contributed by atoms with E-state index in [-0.39, 0.29) is 11.4 Å². The molecule has 0 unspecified atom stereocenters. The number of aryl methyl sites for hydroxylation is 1. The molecule has 24 heavy (non-hydrogen) atoms. The van der Waals surface area contributed by atoms with Gasteiger partial charge in [0, 0.05) is 24.2 Å². The summed E-state index contributed by atoms with van der Waals surface area (Å²) in [4.78, 5) is 12.4. The highest BCUT2D eigenvalue weighted by molar-refractivity contribution is 6.04. The predicted molar refractivity (Wildman–Crippen MR) is 89.6 cm³/mol. The van der Waals surface area contributed by atoms with E-state index in [0.29, 0.717) is 28.6 Å². The number of nitrogens with zero attached hydrogens (tertiary/aromatic N) is 4. The summed E-state index contributed by atoms with van der Waals surface area (Å²) >= 11 is 0. The Morgan fingerprint density at radius 3 is 2.67 bits per heavy atom. The fraction of sp³-hybridized carbons (Fsp3) is 0.294. The summed E-state index contributed by atoms with van der Waals surface area (Å²) in [7, 11) is 0. The van der Waals surface area contributed by atoms with Gasteiger partial charge in [0.2, 0.25) is 11.8 Å². The second kappa shape index (κ2) is 5.92. The van der Waals surface area contributed by atoms with E-state index in [2.05, 4.69) is 20.6 Å². The van der Waals surface area contributed by atoms with Gasteiger partial charge in [-0.15, -0.1) is 10.2 Å². The molecule has 1 N–H and O–H groups in total. The van der Waals surface area contributed by atoms with Crippen molar-refractivity contribution in [3.05, 3.63) is 48.1 Å². The fourth-order valence-electron chi connectivity index (χ4n) is 2.16. The monoisotopic (exact) mass is 325 g/mol. The van der Waals surface area contributed by atoms with Gasteiger partial charge < -0.3 is 9.73 Å². The van der Waals surface area contributed by atoms with Gasteiger partial charge in [-0.25, -0.2) is 0 Å². The Labute approximate surface area is 139 Å². The van der Waals surface area contributed by atoms with Crippen LogP contribution in [0.15, 0.2) is 41.1 Å². The van der Waals surface area contributed by atoms with Crippen LogP contribution in [0.5, 0.6) is 0 Å². The first-order valence-corrected chi connectivity index (χ1v) is 7.60. The lowest BCUT2D eigenvalue weighted by molar-refractivity contribution is 0.102. The first kappa shape index (κ1) is 15.9. The molecule has 7 heteroatoms. The Hall–Kier alpha value is -2.96. The highest BCUT2D eigenvalue weighted by Crippen LogP contribution is 2.20. The molecule has 0 aliphatic rings. The zero-order valence-corrected chi connectivity index (χ0v) is 14.1. The van der Waals surface area contributed by atoms with Crippen LogP contribution in [0.1, 0.15) is 37.0 Å². The predicted octanol–water partition coefficient (Wildman–Crippen LogP) is 3.25. The number of carbonyl (C=O) groups is 1. The van der Waals surface area contributed by atoms with E-state index in [0.717, 1.165) is 0 Å². The first-order valence-electron chi connectivity index (χ1n) is 7.60. The van der Waals surface area contributed by atoms with Crippen molar-refractivity contribution in [3.8, 4) is 11.5 Å². The Bertz CT molecular complexity index is 873. The molecule has 0 radical (unpaired) electrons. The van der Waals surface area contributed by atoms with Crippen LogP contribution < -0.4 is 5.32 Å². The molecule has 3 rings (SSSR count). The summed E-state index contributed by atoms with van der Waals surface area (Å²) in [5.41, 5.74) is 1.72. The molecule has 0 aliphatic heterocycles. The van der Waals surface area contributed by atoms with Crippen LogP contribution in [0.3, 0.4) is 0 Å². The number of aromatic nitrogens is 4. The van der Waals surface area contributed by atoms with E-state index in [1.165, 1.54) is 0 Å². The van der Waals surface area contributed by atoms with E-state index < -0.39 is 0 Å². The Kier molecular flexibility index (Phi) is 3.92. The van der Waals surface area contributed by atoms with Crippen LogP contribution >= 0.6 is 0 Å². The lowest BCUT2D eigenvalue weighted by Gasteiger charge is -2.18. The van der Waals surface area contributed by atoms with Crippen LogP contribution in [0.25, 0.3) is 11.5 Å². The first-order chi connectivity index (χ1) is 11.3. The summed E-state index contributed by atoms with van der Waals surface area (Å²) in [5.74, 6) is 0.652. The van der Waals surface area contributed by atoms with Gasteiger partial charge >= 0.3 is 0 Å². The highest BCUT2D eigenvalue weighted by Gasteiger charge is 2.16. The van der Waals surface area contributed by atoms with Crippen molar-refractivity contribution in [3.63, 3.8) is 0 Å². The van der Waals surface area contributed by atoms with Crippen molar-refractivity contribution in [1.82, 2.24) is 20.0 Å². The number of rotatable bonds is 3. The average molecular weight is 325 g/mol. The number of amides is 1. The molecule has 7 nitrogen and oxygen atoms in total. The number of carbonyl (C=O) groups excluding carboxylic acids is 1. The van der Waals surface area contributed by atoms with E-state index in [1.807, 2.05) is 33.0 Å². The fourth-order valence-corrected chi connectivity index (χ4v) is 2.16. The van der Waals surface area contributed by atoms with Crippen molar-refractivity contribution >= 4 is 11.6 Å².